The second-order valence-electron chi connectivity index (χ2n) is 4.85. The number of rotatable bonds is 5. The van der Waals surface area contributed by atoms with Crippen LogP contribution in [0.15, 0.2) is 53.5 Å². The Hall–Kier alpha value is -2.49. The van der Waals surface area contributed by atoms with E-state index in [4.69, 9.17) is 10.5 Å². The molecule has 0 radical (unpaired) electrons. The third kappa shape index (κ3) is 4.84. The van der Waals surface area contributed by atoms with Crippen molar-refractivity contribution >= 4 is 11.6 Å². The molecule has 0 atom stereocenters. The molecule has 2 aromatic rings. The molecule has 110 valence electrons. The van der Waals surface area contributed by atoms with Crippen molar-refractivity contribution in [3.63, 3.8) is 0 Å². The average molecular weight is 283 g/mol. The summed E-state index contributed by atoms with van der Waals surface area (Å²) in [6.45, 7) is 5.16. The minimum Gasteiger partial charge on any atom is -0.492 e. The highest BCUT2D eigenvalue weighted by Crippen LogP contribution is 2.13. The Morgan fingerprint density at radius 1 is 1.10 bits per heavy atom. The fourth-order valence-corrected chi connectivity index (χ4v) is 1.85. The first-order valence-electron chi connectivity index (χ1n) is 6.97. The topological polar surface area (TPSA) is 59.6 Å². The van der Waals surface area contributed by atoms with Gasteiger partial charge in [-0.3, -0.25) is 0 Å². The van der Waals surface area contributed by atoms with Crippen molar-refractivity contribution in [2.75, 3.05) is 18.5 Å². The number of hydrogen-bond donors (Lipinski definition) is 2. The van der Waals surface area contributed by atoms with Gasteiger partial charge in [-0.15, -0.1) is 0 Å². The molecule has 0 heterocycles. The Morgan fingerprint density at radius 2 is 1.86 bits per heavy atom. The van der Waals surface area contributed by atoms with Gasteiger partial charge in [-0.05, 0) is 49.2 Å². The minimum atomic E-state index is 0.398. The molecule has 0 unspecified atom stereocenters. The van der Waals surface area contributed by atoms with Gasteiger partial charge < -0.3 is 15.8 Å². The number of ether oxygens (including phenoxy) is 1. The van der Waals surface area contributed by atoms with Gasteiger partial charge in [0.1, 0.15) is 12.4 Å². The van der Waals surface area contributed by atoms with Crippen molar-refractivity contribution in [2.24, 2.45) is 10.7 Å². The predicted octanol–water partition coefficient (Wildman–Crippen LogP) is 3.11. The van der Waals surface area contributed by atoms with Crippen LogP contribution in [0, 0.1) is 13.8 Å². The monoisotopic (exact) mass is 283 g/mol. The Bertz CT molecular complexity index is 609. The number of benzene rings is 2. The van der Waals surface area contributed by atoms with E-state index in [2.05, 4.69) is 36.3 Å². The van der Waals surface area contributed by atoms with Gasteiger partial charge in [-0.2, -0.15) is 0 Å². The average Bonchev–Trinajstić information content (AvgIpc) is 2.49. The lowest BCUT2D eigenvalue weighted by molar-refractivity contribution is 0.329. The lowest BCUT2D eigenvalue weighted by Crippen LogP contribution is -2.23. The maximum Gasteiger partial charge on any atom is 0.193 e. The summed E-state index contributed by atoms with van der Waals surface area (Å²) in [5, 5.41) is 3.08. The van der Waals surface area contributed by atoms with Crippen molar-refractivity contribution in [3.8, 4) is 5.75 Å². The van der Waals surface area contributed by atoms with Crippen molar-refractivity contribution in [1.82, 2.24) is 0 Å². The van der Waals surface area contributed by atoms with Crippen molar-refractivity contribution in [1.29, 1.82) is 0 Å². The molecule has 0 bridgehead atoms. The number of nitrogens with two attached hydrogens (primary N) is 1. The first-order valence-corrected chi connectivity index (χ1v) is 6.97. The van der Waals surface area contributed by atoms with Crippen LogP contribution in [0.25, 0.3) is 0 Å². The van der Waals surface area contributed by atoms with Crippen LogP contribution in [-0.4, -0.2) is 19.1 Å². The summed E-state index contributed by atoms with van der Waals surface area (Å²) in [5.74, 6) is 1.24. The number of anilines is 1. The van der Waals surface area contributed by atoms with Crippen LogP contribution >= 0.6 is 0 Å². The number of guanidine groups is 1. The van der Waals surface area contributed by atoms with Gasteiger partial charge in [0, 0.05) is 5.69 Å². The van der Waals surface area contributed by atoms with E-state index in [0.717, 1.165) is 11.4 Å². The lowest BCUT2D eigenvalue weighted by atomic mass is 10.1. The van der Waals surface area contributed by atoms with Crippen LogP contribution in [0.4, 0.5) is 5.69 Å². The third-order valence-corrected chi connectivity index (χ3v) is 3.16. The summed E-state index contributed by atoms with van der Waals surface area (Å²) in [4.78, 5) is 4.24. The number of nitrogens with one attached hydrogen (secondary N) is 1. The zero-order valence-electron chi connectivity index (χ0n) is 12.5. The minimum absolute atomic E-state index is 0.398. The molecule has 0 saturated heterocycles. The van der Waals surface area contributed by atoms with Gasteiger partial charge in [0.05, 0.1) is 6.54 Å². The summed E-state index contributed by atoms with van der Waals surface area (Å²) >= 11 is 0. The highest BCUT2D eigenvalue weighted by molar-refractivity contribution is 5.92. The highest BCUT2D eigenvalue weighted by Gasteiger charge is 1.98. The van der Waals surface area contributed by atoms with Gasteiger partial charge in [-0.1, -0.05) is 24.3 Å². The summed E-state index contributed by atoms with van der Waals surface area (Å²) in [6, 6.07) is 15.8. The molecule has 0 aliphatic carbocycles. The number of para-hydroxylation sites is 1. The van der Waals surface area contributed by atoms with Crippen LogP contribution in [0.3, 0.4) is 0 Å². The maximum absolute atomic E-state index is 5.86. The summed E-state index contributed by atoms with van der Waals surface area (Å²) in [7, 11) is 0. The van der Waals surface area contributed by atoms with E-state index in [1.165, 1.54) is 11.1 Å². The van der Waals surface area contributed by atoms with Crippen molar-refractivity contribution < 1.29 is 4.74 Å². The van der Waals surface area contributed by atoms with E-state index in [9.17, 15) is 0 Å². The molecule has 0 amide bonds. The van der Waals surface area contributed by atoms with E-state index < -0.39 is 0 Å². The molecular formula is C17H21N3O. The normalized spacial score (nSPS) is 11.2. The molecule has 0 fully saturated rings. The van der Waals surface area contributed by atoms with Gasteiger partial charge in [0.15, 0.2) is 5.96 Å². The molecule has 0 aliphatic rings. The number of aliphatic imine (C=N–C) groups is 1. The first kappa shape index (κ1) is 14.9. The lowest BCUT2D eigenvalue weighted by Gasteiger charge is -2.08. The van der Waals surface area contributed by atoms with E-state index in [1.54, 1.807) is 0 Å². The second-order valence-corrected chi connectivity index (χ2v) is 4.85. The van der Waals surface area contributed by atoms with Crippen molar-refractivity contribution in [2.45, 2.75) is 13.8 Å². The maximum atomic E-state index is 5.86. The van der Waals surface area contributed by atoms with Crippen molar-refractivity contribution in [3.05, 3.63) is 59.7 Å². The smallest absolute Gasteiger partial charge is 0.193 e. The molecule has 0 aliphatic heterocycles. The molecule has 4 heteroatoms. The van der Waals surface area contributed by atoms with Gasteiger partial charge in [-0.25, -0.2) is 4.99 Å². The van der Waals surface area contributed by atoms with Gasteiger partial charge in [0.25, 0.3) is 0 Å². The van der Waals surface area contributed by atoms with Gasteiger partial charge in [0.2, 0.25) is 0 Å². The van der Waals surface area contributed by atoms with Crippen LogP contribution in [0.1, 0.15) is 11.1 Å². The highest BCUT2D eigenvalue weighted by atomic mass is 16.5. The molecule has 3 N–H and O–H groups in total. The quantitative estimate of drug-likeness (QED) is 0.503. The van der Waals surface area contributed by atoms with Crippen LogP contribution in [0.2, 0.25) is 0 Å². The first-order chi connectivity index (χ1) is 10.1. The Labute approximate surface area is 125 Å². The molecule has 2 rings (SSSR count). The fourth-order valence-electron chi connectivity index (χ4n) is 1.85. The largest absolute Gasteiger partial charge is 0.492 e. The molecule has 0 saturated carbocycles. The zero-order valence-corrected chi connectivity index (χ0v) is 12.5. The second kappa shape index (κ2) is 7.33. The van der Waals surface area contributed by atoms with E-state index >= 15 is 0 Å². The Morgan fingerprint density at radius 3 is 2.57 bits per heavy atom. The Balaban J connectivity index is 1.80. The summed E-state index contributed by atoms with van der Waals surface area (Å²) < 4.78 is 5.55. The van der Waals surface area contributed by atoms with E-state index in [0.29, 0.717) is 19.1 Å². The fraction of sp³-hybridized carbons (Fsp3) is 0.235. The standard InChI is InChI=1S/C17H21N3O/c1-13-8-9-15(12-14(13)2)20-17(18)19-10-11-21-16-6-4-3-5-7-16/h3-9,12H,10-11H2,1-2H3,(H3,18,19,20). The van der Waals surface area contributed by atoms with Crippen LogP contribution in [0.5, 0.6) is 5.75 Å². The summed E-state index contributed by atoms with van der Waals surface area (Å²) in [6.07, 6.45) is 0. The number of hydrogen-bond acceptors (Lipinski definition) is 2. The molecule has 0 spiro atoms. The summed E-state index contributed by atoms with van der Waals surface area (Å²) in [5.41, 5.74) is 9.28. The van der Waals surface area contributed by atoms with Crippen LogP contribution in [-0.2, 0) is 0 Å². The molecule has 0 aromatic heterocycles. The SMILES string of the molecule is Cc1ccc(NC(N)=NCCOc2ccccc2)cc1C. The van der Waals surface area contributed by atoms with Crippen LogP contribution < -0.4 is 15.8 Å². The van der Waals surface area contributed by atoms with Gasteiger partial charge >= 0.3 is 0 Å². The molecular weight excluding hydrogens is 262 g/mol. The van der Waals surface area contributed by atoms with E-state index in [1.807, 2.05) is 36.4 Å². The zero-order chi connectivity index (χ0) is 15.1. The Kier molecular flexibility index (Phi) is 5.21. The molecule has 2 aromatic carbocycles. The third-order valence-electron chi connectivity index (χ3n) is 3.16. The molecule has 4 nitrogen and oxygen atoms in total. The number of aryl methyl sites for hydroxylation is 2. The molecule has 21 heavy (non-hydrogen) atoms. The van der Waals surface area contributed by atoms with E-state index in [-0.39, 0.29) is 0 Å². The number of nitrogens with zero attached hydrogens (tertiary/aromatic N) is 1. The predicted molar refractivity (Wildman–Crippen MR) is 88.0 cm³/mol.